The first-order chi connectivity index (χ1) is 18.9. The molecule has 0 saturated carbocycles. The molecule has 12 nitrogen and oxygen atoms in total. The Hall–Kier alpha value is -2.24. The molecule has 6 rings (SSSR count). The summed E-state index contributed by atoms with van der Waals surface area (Å²) in [5.74, 6) is -5.84. The number of nitro groups is 1. The fourth-order valence-electron chi connectivity index (χ4n) is 5.11. The number of likely N-dealkylation sites (tertiary alicyclic amines) is 2. The predicted octanol–water partition coefficient (Wildman–Crippen LogP) is 3.13. The summed E-state index contributed by atoms with van der Waals surface area (Å²) in [6.07, 6.45) is 1.68. The number of anilines is 1. The van der Waals surface area contributed by atoms with Crippen molar-refractivity contribution >= 4 is 34.6 Å². The van der Waals surface area contributed by atoms with Crippen molar-refractivity contribution in [1.82, 2.24) is 29.4 Å². The quantitative estimate of drug-likeness (QED) is 0.307. The van der Waals surface area contributed by atoms with E-state index in [4.69, 9.17) is 38.4 Å². The molecule has 0 amide bonds. The molecule has 2 aromatic heterocycles. The highest BCUT2D eigenvalue weighted by molar-refractivity contribution is 6.32. The SMILES string of the molecule is Nc1cnn(C2CN(C3COC3)CCC2(F)F)c1Cl.O=[N+]([O-])c1cnn(C2CN(C3COC3)CCC2(F)F)c1Cl. The fraction of sp³-hybridized carbons (Fsp3) is 0.727. The van der Waals surface area contributed by atoms with E-state index in [2.05, 4.69) is 10.2 Å². The van der Waals surface area contributed by atoms with Crippen LogP contribution in [0.15, 0.2) is 12.4 Å². The average Bonchev–Trinajstić information content (AvgIpc) is 3.36. The van der Waals surface area contributed by atoms with Crippen molar-refractivity contribution in [3.8, 4) is 0 Å². The Labute approximate surface area is 236 Å². The van der Waals surface area contributed by atoms with Crippen molar-refractivity contribution in [1.29, 1.82) is 0 Å². The maximum atomic E-state index is 14.2. The molecule has 0 aromatic carbocycles. The van der Waals surface area contributed by atoms with Gasteiger partial charge in [-0.3, -0.25) is 19.9 Å². The number of halogens is 6. The molecule has 222 valence electrons. The van der Waals surface area contributed by atoms with E-state index in [9.17, 15) is 27.7 Å². The van der Waals surface area contributed by atoms with E-state index in [1.807, 2.05) is 9.80 Å². The van der Waals surface area contributed by atoms with E-state index in [-0.39, 0.29) is 60.6 Å². The van der Waals surface area contributed by atoms with Gasteiger partial charge in [0.05, 0.1) is 55.3 Å². The number of nitrogens with zero attached hydrogens (tertiary/aromatic N) is 7. The molecule has 0 bridgehead atoms. The van der Waals surface area contributed by atoms with Gasteiger partial charge in [0, 0.05) is 39.0 Å². The topological polar surface area (TPSA) is 130 Å². The number of aromatic nitrogens is 4. The normalized spacial score (nSPS) is 27.4. The molecule has 2 unspecified atom stereocenters. The summed E-state index contributed by atoms with van der Waals surface area (Å²) in [5.41, 5.74) is 5.34. The minimum absolute atomic E-state index is 0.0413. The fourth-order valence-corrected chi connectivity index (χ4v) is 5.60. The Morgan fingerprint density at radius 3 is 1.68 bits per heavy atom. The van der Waals surface area contributed by atoms with Crippen LogP contribution in [0, 0.1) is 10.1 Å². The van der Waals surface area contributed by atoms with Crippen LogP contribution in [0.25, 0.3) is 0 Å². The molecule has 4 aliphatic heterocycles. The molecule has 4 saturated heterocycles. The van der Waals surface area contributed by atoms with Gasteiger partial charge in [-0.1, -0.05) is 23.2 Å². The molecule has 2 aromatic rings. The third-order valence-electron chi connectivity index (χ3n) is 7.79. The van der Waals surface area contributed by atoms with Crippen LogP contribution < -0.4 is 5.73 Å². The molecule has 18 heteroatoms. The largest absolute Gasteiger partial charge is 0.395 e. The molecule has 2 N–H and O–H groups in total. The van der Waals surface area contributed by atoms with Crippen LogP contribution in [0.3, 0.4) is 0 Å². The Kier molecular flexibility index (Phi) is 8.20. The van der Waals surface area contributed by atoms with E-state index in [0.29, 0.717) is 33.0 Å². The Morgan fingerprint density at radius 1 is 0.875 bits per heavy atom. The first-order valence-corrected chi connectivity index (χ1v) is 13.4. The lowest BCUT2D eigenvalue weighted by Crippen LogP contribution is -2.57. The average molecular weight is 615 g/mol. The Balaban J connectivity index is 0.000000162. The van der Waals surface area contributed by atoms with Crippen molar-refractivity contribution in [2.24, 2.45) is 0 Å². The molecule has 0 spiro atoms. The minimum atomic E-state index is -3.01. The maximum Gasteiger partial charge on any atom is 0.325 e. The van der Waals surface area contributed by atoms with E-state index in [0.717, 1.165) is 15.6 Å². The first kappa shape index (κ1) is 29.3. The lowest BCUT2D eigenvalue weighted by atomic mass is 9.99. The van der Waals surface area contributed by atoms with Gasteiger partial charge < -0.3 is 15.2 Å². The van der Waals surface area contributed by atoms with Crippen molar-refractivity contribution in [3.05, 3.63) is 32.8 Å². The van der Waals surface area contributed by atoms with Gasteiger partial charge in [0.25, 0.3) is 11.8 Å². The summed E-state index contributed by atoms with van der Waals surface area (Å²) in [5, 5.41) is 18.1. The monoisotopic (exact) mass is 614 g/mol. The minimum Gasteiger partial charge on any atom is -0.395 e. The number of piperidine rings is 2. The second kappa shape index (κ2) is 11.2. The summed E-state index contributed by atoms with van der Waals surface area (Å²) in [6.45, 7) is 3.13. The molecule has 4 fully saturated rings. The van der Waals surface area contributed by atoms with Crippen molar-refractivity contribution in [2.45, 2.75) is 48.9 Å². The number of rotatable bonds is 5. The zero-order chi connectivity index (χ0) is 28.8. The molecular weight excluding hydrogens is 587 g/mol. The number of hydrogen-bond acceptors (Lipinski definition) is 9. The zero-order valence-corrected chi connectivity index (χ0v) is 22.7. The van der Waals surface area contributed by atoms with Gasteiger partial charge in [-0.05, 0) is 0 Å². The van der Waals surface area contributed by atoms with Gasteiger partial charge >= 0.3 is 5.69 Å². The van der Waals surface area contributed by atoms with Crippen molar-refractivity contribution in [3.63, 3.8) is 0 Å². The molecule has 40 heavy (non-hydrogen) atoms. The van der Waals surface area contributed by atoms with E-state index < -0.39 is 34.5 Å². The summed E-state index contributed by atoms with van der Waals surface area (Å²) < 4.78 is 68.7. The first-order valence-electron chi connectivity index (χ1n) is 12.6. The van der Waals surface area contributed by atoms with Crippen LogP contribution in [0.1, 0.15) is 24.9 Å². The molecule has 0 radical (unpaired) electrons. The highest BCUT2D eigenvalue weighted by Gasteiger charge is 2.50. The van der Waals surface area contributed by atoms with Gasteiger partial charge in [0.2, 0.25) is 5.15 Å². The Morgan fingerprint density at radius 2 is 1.32 bits per heavy atom. The second-order valence-electron chi connectivity index (χ2n) is 10.3. The molecular formula is C22H28Cl2F4N8O4. The van der Waals surface area contributed by atoms with Gasteiger partial charge in [0.15, 0.2) is 5.15 Å². The van der Waals surface area contributed by atoms with Crippen LogP contribution in [0.5, 0.6) is 0 Å². The highest BCUT2D eigenvalue weighted by Crippen LogP contribution is 2.41. The van der Waals surface area contributed by atoms with Crippen LogP contribution >= 0.6 is 23.2 Å². The number of alkyl halides is 4. The second-order valence-corrected chi connectivity index (χ2v) is 11.0. The third-order valence-corrected chi connectivity index (χ3v) is 8.55. The number of nitrogens with two attached hydrogens (primary N) is 1. The van der Waals surface area contributed by atoms with Crippen LogP contribution in [-0.4, -0.2) is 111 Å². The van der Waals surface area contributed by atoms with Gasteiger partial charge in [-0.15, -0.1) is 0 Å². The lowest BCUT2D eigenvalue weighted by Gasteiger charge is -2.44. The number of hydrogen-bond donors (Lipinski definition) is 1. The molecule has 2 atom stereocenters. The van der Waals surface area contributed by atoms with Crippen molar-refractivity contribution in [2.75, 3.05) is 58.3 Å². The van der Waals surface area contributed by atoms with E-state index >= 15 is 0 Å². The lowest BCUT2D eigenvalue weighted by molar-refractivity contribution is -0.384. The summed E-state index contributed by atoms with van der Waals surface area (Å²) in [7, 11) is 0. The smallest absolute Gasteiger partial charge is 0.325 e. The van der Waals surface area contributed by atoms with Gasteiger partial charge in [0.1, 0.15) is 18.3 Å². The predicted molar refractivity (Wildman–Crippen MR) is 135 cm³/mol. The summed E-state index contributed by atoms with van der Waals surface area (Å²) in [4.78, 5) is 13.9. The molecule has 0 aliphatic carbocycles. The molecule has 6 heterocycles. The third kappa shape index (κ3) is 5.61. The number of nitrogen functional groups attached to an aromatic ring is 1. The van der Waals surface area contributed by atoms with Crippen LogP contribution in [0.2, 0.25) is 10.3 Å². The van der Waals surface area contributed by atoms with Crippen LogP contribution in [0.4, 0.5) is 28.9 Å². The van der Waals surface area contributed by atoms with Crippen LogP contribution in [-0.2, 0) is 9.47 Å². The zero-order valence-electron chi connectivity index (χ0n) is 21.1. The van der Waals surface area contributed by atoms with E-state index in [1.54, 1.807) is 0 Å². The standard InChI is InChI=1S/C11H13ClF2N4O3.C11H15ClF2N4O/c12-10-8(18(19)20)3-15-17(10)9-4-16(7-5-21-6-7)2-1-11(9,13)14;12-10-8(15)3-16-18(10)9-4-17(7-5-19-6-7)2-1-11(9,13)14/h3,7,9H,1-2,4-6H2;3,7,9H,1-2,4-6,15H2. The Bertz CT molecular complexity index is 1230. The highest BCUT2D eigenvalue weighted by atomic mass is 35.5. The van der Waals surface area contributed by atoms with Crippen molar-refractivity contribution < 1.29 is 32.0 Å². The number of ether oxygens (including phenoxy) is 2. The summed E-state index contributed by atoms with van der Waals surface area (Å²) >= 11 is 11.8. The maximum absolute atomic E-state index is 14.2. The van der Waals surface area contributed by atoms with Gasteiger partial charge in [-0.25, -0.2) is 26.9 Å². The molecule has 4 aliphatic rings. The summed E-state index contributed by atoms with van der Waals surface area (Å²) in [6, 6.07) is -2.04. The van der Waals surface area contributed by atoms with Gasteiger partial charge in [-0.2, -0.15) is 10.2 Å². The van der Waals surface area contributed by atoms with E-state index in [1.165, 1.54) is 6.20 Å².